The molecule has 0 saturated carbocycles. The Morgan fingerprint density at radius 3 is 2.10 bits per heavy atom. The third-order valence-electron chi connectivity index (χ3n) is 4.89. The van der Waals surface area contributed by atoms with Crippen LogP contribution in [0.15, 0.2) is 77.7 Å². The molecular formula is C24H31NO3S. The number of hydrogen-bond donors (Lipinski definition) is 0. The van der Waals surface area contributed by atoms with Crippen molar-refractivity contribution in [2.75, 3.05) is 13.7 Å². The minimum Gasteiger partial charge on any atom is -0.497 e. The van der Waals surface area contributed by atoms with Crippen molar-refractivity contribution in [1.29, 1.82) is 0 Å². The highest BCUT2D eigenvalue weighted by Crippen LogP contribution is 2.26. The molecule has 5 heteroatoms. The van der Waals surface area contributed by atoms with Gasteiger partial charge in [-0.25, -0.2) is 8.42 Å². The average Bonchev–Trinajstić information content (AvgIpc) is 2.67. The van der Waals surface area contributed by atoms with Crippen LogP contribution < -0.4 is 4.74 Å². The monoisotopic (exact) mass is 413 g/mol. The summed E-state index contributed by atoms with van der Waals surface area (Å²) in [6.45, 7) is 14.1. The van der Waals surface area contributed by atoms with E-state index in [1.165, 1.54) is 0 Å². The van der Waals surface area contributed by atoms with Crippen molar-refractivity contribution in [3.63, 3.8) is 0 Å². The van der Waals surface area contributed by atoms with Gasteiger partial charge >= 0.3 is 0 Å². The number of nitrogens with zero attached hydrogens (tertiary/aromatic N) is 1. The maximum absolute atomic E-state index is 13.5. The van der Waals surface area contributed by atoms with Gasteiger partial charge in [-0.2, -0.15) is 4.31 Å². The molecule has 29 heavy (non-hydrogen) atoms. The number of rotatable bonds is 10. The highest BCUT2D eigenvalue weighted by molar-refractivity contribution is 7.89. The molecule has 0 bridgehead atoms. The van der Waals surface area contributed by atoms with E-state index in [1.807, 2.05) is 57.2 Å². The summed E-state index contributed by atoms with van der Waals surface area (Å²) in [5.41, 5.74) is 3.79. The zero-order valence-electron chi connectivity index (χ0n) is 17.8. The molecule has 0 radical (unpaired) electrons. The minimum absolute atomic E-state index is 0.297. The van der Waals surface area contributed by atoms with Crippen molar-refractivity contribution in [2.45, 2.75) is 44.6 Å². The third kappa shape index (κ3) is 6.05. The lowest BCUT2D eigenvalue weighted by atomic mass is 10.0. The Balaban J connectivity index is 2.43. The van der Waals surface area contributed by atoms with E-state index < -0.39 is 10.0 Å². The normalized spacial score (nSPS) is 12.6. The molecule has 0 N–H and O–H groups in total. The molecule has 0 heterocycles. The van der Waals surface area contributed by atoms with E-state index in [9.17, 15) is 8.42 Å². The third-order valence-corrected chi connectivity index (χ3v) is 6.81. The van der Waals surface area contributed by atoms with Crippen LogP contribution in [0.1, 0.15) is 31.4 Å². The maximum Gasteiger partial charge on any atom is 0.243 e. The fourth-order valence-electron chi connectivity index (χ4n) is 3.10. The average molecular weight is 414 g/mol. The minimum atomic E-state index is -3.68. The summed E-state index contributed by atoms with van der Waals surface area (Å²) >= 11 is 0. The summed E-state index contributed by atoms with van der Waals surface area (Å²) in [5.74, 6) is 0.770. The first-order valence-corrected chi connectivity index (χ1v) is 11.1. The Bertz CT molecular complexity index is 945. The first-order valence-electron chi connectivity index (χ1n) is 9.66. The van der Waals surface area contributed by atoms with Gasteiger partial charge in [-0.1, -0.05) is 47.6 Å². The molecule has 0 aromatic heterocycles. The predicted molar refractivity (Wildman–Crippen MR) is 120 cm³/mol. The highest BCUT2D eigenvalue weighted by Gasteiger charge is 2.31. The fourth-order valence-corrected chi connectivity index (χ4v) is 4.77. The van der Waals surface area contributed by atoms with E-state index in [1.54, 1.807) is 23.5 Å². The van der Waals surface area contributed by atoms with Crippen LogP contribution in [0.5, 0.6) is 5.75 Å². The van der Waals surface area contributed by atoms with Crippen molar-refractivity contribution < 1.29 is 13.2 Å². The van der Waals surface area contributed by atoms with Gasteiger partial charge < -0.3 is 4.74 Å². The Morgan fingerprint density at radius 2 is 1.62 bits per heavy atom. The van der Waals surface area contributed by atoms with Gasteiger partial charge in [0.1, 0.15) is 5.75 Å². The van der Waals surface area contributed by atoms with Crippen molar-refractivity contribution in [3.8, 4) is 5.75 Å². The van der Waals surface area contributed by atoms with Crippen molar-refractivity contribution in [2.24, 2.45) is 0 Å². The summed E-state index contributed by atoms with van der Waals surface area (Å²) < 4.78 is 33.8. The van der Waals surface area contributed by atoms with Gasteiger partial charge in [0.25, 0.3) is 0 Å². The van der Waals surface area contributed by atoms with Crippen LogP contribution in [0.3, 0.4) is 0 Å². The summed E-state index contributed by atoms with van der Waals surface area (Å²) in [6, 6.07) is 14.3. The molecule has 4 nitrogen and oxygen atoms in total. The summed E-state index contributed by atoms with van der Waals surface area (Å²) in [6.07, 6.45) is 1.14. The molecule has 1 atom stereocenters. The number of methoxy groups -OCH3 is 1. The van der Waals surface area contributed by atoms with Crippen LogP contribution in [0.4, 0.5) is 0 Å². The lowest BCUT2D eigenvalue weighted by molar-refractivity contribution is 0.350. The Kier molecular flexibility index (Phi) is 7.82. The smallest absolute Gasteiger partial charge is 0.243 e. The number of ether oxygens (including phenoxy) is 1. The first-order chi connectivity index (χ1) is 13.6. The van der Waals surface area contributed by atoms with Crippen LogP contribution in [0.2, 0.25) is 0 Å². The topological polar surface area (TPSA) is 46.6 Å². The number of benzene rings is 2. The molecule has 2 aromatic carbocycles. The lowest BCUT2D eigenvalue weighted by Crippen LogP contribution is -2.42. The maximum atomic E-state index is 13.5. The highest BCUT2D eigenvalue weighted by atomic mass is 32.2. The largest absolute Gasteiger partial charge is 0.497 e. The second kappa shape index (κ2) is 9.90. The molecule has 0 aliphatic rings. The Morgan fingerprint density at radius 1 is 1.03 bits per heavy atom. The van der Waals surface area contributed by atoms with Crippen LogP contribution in [-0.4, -0.2) is 32.4 Å². The van der Waals surface area contributed by atoms with Gasteiger partial charge in [0, 0.05) is 12.6 Å². The number of sulfonamides is 1. The Hall–Kier alpha value is -2.37. The van der Waals surface area contributed by atoms with Crippen molar-refractivity contribution in [1.82, 2.24) is 4.31 Å². The second-order valence-electron chi connectivity index (χ2n) is 7.55. The summed E-state index contributed by atoms with van der Waals surface area (Å²) in [5, 5.41) is 0. The zero-order valence-corrected chi connectivity index (χ0v) is 18.6. The van der Waals surface area contributed by atoms with E-state index in [4.69, 9.17) is 4.74 Å². The molecule has 0 spiro atoms. The molecular weight excluding hydrogens is 382 g/mol. The van der Waals surface area contributed by atoms with Gasteiger partial charge in [0.2, 0.25) is 10.0 Å². The number of aryl methyl sites for hydroxylation is 1. The number of hydrogen-bond acceptors (Lipinski definition) is 3. The van der Waals surface area contributed by atoms with Crippen molar-refractivity contribution >= 4 is 10.0 Å². The molecule has 0 aliphatic heterocycles. The quantitative estimate of drug-likeness (QED) is 0.506. The van der Waals surface area contributed by atoms with E-state index in [0.29, 0.717) is 24.3 Å². The molecule has 0 aliphatic carbocycles. The fraction of sp³-hybridized carbons (Fsp3) is 0.333. The lowest BCUT2D eigenvalue weighted by Gasteiger charge is -2.32. The van der Waals surface area contributed by atoms with Crippen LogP contribution in [0, 0.1) is 6.92 Å². The van der Waals surface area contributed by atoms with E-state index >= 15 is 0 Å². The molecule has 0 unspecified atom stereocenters. The van der Waals surface area contributed by atoms with Crippen LogP contribution in [0.25, 0.3) is 0 Å². The zero-order chi connectivity index (χ0) is 21.6. The van der Waals surface area contributed by atoms with Gasteiger partial charge in [-0.15, -0.1) is 6.58 Å². The molecule has 0 saturated heterocycles. The van der Waals surface area contributed by atoms with E-state index in [2.05, 4.69) is 13.2 Å². The summed E-state index contributed by atoms with van der Waals surface area (Å²) in [4.78, 5) is 0.297. The first kappa shape index (κ1) is 22.9. The predicted octanol–water partition coefficient (Wildman–Crippen LogP) is 5.15. The van der Waals surface area contributed by atoms with Crippen LogP contribution >= 0.6 is 0 Å². The van der Waals surface area contributed by atoms with Gasteiger partial charge in [0.05, 0.1) is 12.0 Å². The van der Waals surface area contributed by atoms with Crippen LogP contribution in [-0.2, 0) is 16.4 Å². The van der Waals surface area contributed by atoms with Gasteiger partial charge in [-0.3, -0.25) is 0 Å². The standard InChI is InChI=1S/C24H31NO3S/c1-18(2)15-16-25(29(26,27)23-13-7-20(5)8-14-23)24(19(3)4)17-21-9-11-22(28-6)12-10-21/h7-14,24H,1,3,15-17H2,2,4-6H3/t24-/m1/s1. The Labute approximate surface area is 175 Å². The van der Waals surface area contributed by atoms with Gasteiger partial charge in [-0.05, 0) is 63.4 Å². The van der Waals surface area contributed by atoms with E-state index in [-0.39, 0.29) is 6.04 Å². The molecule has 0 fully saturated rings. The molecule has 156 valence electrons. The molecule has 0 amide bonds. The second-order valence-corrected chi connectivity index (χ2v) is 9.44. The molecule has 2 rings (SSSR count). The van der Waals surface area contributed by atoms with Crippen molar-refractivity contribution in [3.05, 3.63) is 84.0 Å². The van der Waals surface area contributed by atoms with Gasteiger partial charge in [0.15, 0.2) is 0 Å². The SMILES string of the molecule is C=C(C)CCN([C@H](Cc1ccc(OC)cc1)C(=C)C)S(=O)(=O)c1ccc(C)cc1. The summed E-state index contributed by atoms with van der Waals surface area (Å²) in [7, 11) is -2.06. The molecule has 2 aromatic rings. The van der Waals surface area contributed by atoms with E-state index in [0.717, 1.165) is 28.0 Å².